The van der Waals surface area contributed by atoms with Crippen LogP contribution in [0.1, 0.15) is 24.8 Å². The highest BCUT2D eigenvalue weighted by atomic mass is 19.1. The number of amides is 2. The van der Waals surface area contributed by atoms with Crippen molar-refractivity contribution in [2.45, 2.75) is 31.8 Å². The molecule has 1 fully saturated rings. The smallest absolute Gasteiger partial charge is 0.247 e. The summed E-state index contributed by atoms with van der Waals surface area (Å²) < 4.78 is 23.6. The molecule has 2 aromatic rings. The van der Waals surface area contributed by atoms with Crippen LogP contribution in [0, 0.1) is 5.82 Å². The molecule has 1 unspecified atom stereocenters. The van der Waals surface area contributed by atoms with Gasteiger partial charge in [-0.1, -0.05) is 12.1 Å². The molecule has 3 rings (SSSR count). The number of ether oxygens (including phenoxy) is 2. The van der Waals surface area contributed by atoms with Crippen molar-refractivity contribution in [3.63, 3.8) is 0 Å². The van der Waals surface area contributed by atoms with Crippen LogP contribution in [0.2, 0.25) is 0 Å². The number of hydrogen-bond acceptors (Lipinski definition) is 4. The van der Waals surface area contributed by atoms with Crippen LogP contribution in [0.5, 0.6) is 11.5 Å². The van der Waals surface area contributed by atoms with Crippen LogP contribution in [0.15, 0.2) is 42.5 Å². The Bertz CT molecular complexity index is 854. The Kier molecular flexibility index (Phi) is 6.13. The van der Waals surface area contributed by atoms with Gasteiger partial charge in [0.1, 0.15) is 11.9 Å². The van der Waals surface area contributed by atoms with Gasteiger partial charge in [0.2, 0.25) is 11.8 Å². The summed E-state index contributed by atoms with van der Waals surface area (Å²) in [5.74, 6) is 0.386. The molecule has 1 heterocycles. The molecule has 0 saturated carbocycles. The highest BCUT2D eigenvalue weighted by Gasteiger charge is 2.33. The van der Waals surface area contributed by atoms with Crippen molar-refractivity contribution >= 4 is 17.5 Å². The van der Waals surface area contributed by atoms with E-state index in [0.717, 1.165) is 5.56 Å². The monoisotopic (exact) mass is 386 g/mol. The summed E-state index contributed by atoms with van der Waals surface area (Å²) in [7, 11) is 3.06. The van der Waals surface area contributed by atoms with Crippen molar-refractivity contribution in [3.05, 3.63) is 53.8 Å². The summed E-state index contributed by atoms with van der Waals surface area (Å²) in [6, 6.07) is 10.5. The van der Waals surface area contributed by atoms with Crippen molar-refractivity contribution in [2.75, 3.05) is 19.5 Å². The van der Waals surface area contributed by atoms with E-state index >= 15 is 0 Å². The first-order chi connectivity index (χ1) is 13.5. The highest BCUT2D eigenvalue weighted by Crippen LogP contribution is 2.30. The molecule has 1 N–H and O–H groups in total. The zero-order valence-corrected chi connectivity index (χ0v) is 15.9. The Hall–Kier alpha value is -3.09. The van der Waals surface area contributed by atoms with Gasteiger partial charge in [-0.2, -0.15) is 0 Å². The predicted octanol–water partition coefficient (Wildman–Crippen LogP) is 3.36. The molecule has 0 bridgehead atoms. The summed E-state index contributed by atoms with van der Waals surface area (Å²) in [5.41, 5.74) is 1.34. The molecule has 1 aliphatic rings. The lowest BCUT2D eigenvalue weighted by Gasteiger charge is -2.34. The van der Waals surface area contributed by atoms with Crippen LogP contribution in [0.25, 0.3) is 0 Å². The number of nitrogens with zero attached hydrogens (tertiary/aromatic N) is 1. The summed E-state index contributed by atoms with van der Waals surface area (Å²) in [6.07, 6.45) is 1.64. The molecule has 1 aliphatic heterocycles. The van der Waals surface area contributed by atoms with E-state index in [2.05, 4.69) is 5.32 Å². The Morgan fingerprint density at radius 3 is 2.54 bits per heavy atom. The summed E-state index contributed by atoms with van der Waals surface area (Å²) in [5, 5.41) is 2.85. The minimum Gasteiger partial charge on any atom is -0.493 e. The molecule has 2 amide bonds. The number of piperidine rings is 1. The van der Waals surface area contributed by atoms with E-state index in [0.29, 0.717) is 36.4 Å². The fourth-order valence-corrected chi connectivity index (χ4v) is 3.32. The number of halogens is 1. The fraction of sp³-hybridized carbons (Fsp3) is 0.333. The van der Waals surface area contributed by atoms with Crippen LogP contribution < -0.4 is 14.8 Å². The van der Waals surface area contributed by atoms with E-state index in [4.69, 9.17) is 9.47 Å². The number of anilines is 1. The van der Waals surface area contributed by atoms with E-state index in [1.165, 1.54) is 26.4 Å². The van der Waals surface area contributed by atoms with E-state index < -0.39 is 6.04 Å². The van der Waals surface area contributed by atoms with Crippen LogP contribution >= 0.6 is 0 Å². The fourth-order valence-electron chi connectivity index (χ4n) is 3.32. The van der Waals surface area contributed by atoms with Crippen molar-refractivity contribution < 1.29 is 23.5 Å². The van der Waals surface area contributed by atoms with Gasteiger partial charge in [-0.3, -0.25) is 9.59 Å². The third-order valence-electron chi connectivity index (χ3n) is 4.78. The van der Waals surface area contributed by atoms with E-state index in [9.17, 15) is 14.0 Å². The van der Waals surface area contributed by atoms with Gasteiger partial charge >= 0.3 is 0 Å². The zero-order valence-electron chi connectivity index (χ0n) is 15.9. The molecule has 7 heteroatoms. The number of methoxy groups -OCH3 is 2. The van der Waals surface area contributed by atoms with Crippen molar-refractivity contribution in [2.24, 2.45) is 0 Å². The Balaban J connectivity index is 1.76. The number of benzene rings is 2. The molecule has 0 radical (unpaired) electrons. The van der Waals surface area contributed by atoms with Gasteiger partial charge in [-0.15, -0.1) is 0 Å². The Morgan fingerprint density at radius 2 is 1.86 bits per heavy atom. The normalized spacial score (nSPS) is 16.6. The lowest BCUT2D eigenvalue weighted by Crippen LogP contribution is -2.49. The third-order valence-corrected chi connectivity index (χ3v) is 4.78. The molecule has 148 valence electrons. The van der Waals surface area contributed by atoms with Gasteiger partial charge in [-0.05, 0) is 42.7 Å². The molecule has 6 nitrogen and oxygen atoms in total. The van der Waals surface area contributed by atoms with Gasteiger partial charge in [0.05, 0.1) is 14.2 Å². The number of hydrogen-bond donors (Lipinski definition) is 1. The van der Waals surface area contributed by atoms with Gasteiger partial charge in [-0.25, -0.2) is 4.39 Å². The first kappa shape index (κ1) is 19.7. The lowest BCUT2D eigenvalue weighted by molar-refractivity contribution is -0.142. The van der Waals surface area contributed by atoms with Crippen molar-refractivity contribution in [1.29, 1.82) is 0 Å². The lowest BCUT2D eigenvalue weighted by atomic mass is 9.99. The number of nitrogens with one attached hydrogen (secondary N) is 1. The van der Waals surface area contributed by atoms with Gasteiger partial charge in [0, 0.05) is 24.7 Å². The second-order valence-electron chi connectivity index (χ2n) is 6.62. The Morgan fingerprint density at radius 1 is 1.14 bits per heavy atom. The number of rotatable bonds is 6. The van der Waals surface area contributed by atoms with E-state index in [1.807, 2.05) is 0 Å². The highest BCUT2D eigenvalue weighted by molar-refractivity contribution is 5.98. The Labute approximate surface area is 163 Å². The van der Waals surface area contributed by atoms with Gasteiger partial charge in [0.25, 0.3) is 0 Å². The molecule has 2 aromatic carbocycles. The largest absolute Gasteiger partial charge is 0.493 e. The molecule has 0 aliphatic carbocycles. The first-order valence-corrected chi connectivity index (χ1v) is 9.08. The van der Waals surface area contributed by atoms with Crippen molar-refractivity contribution in [3.8, 4) is 11.5 Å². The number of likely N-dealkylation sites (tertiary alicyclic amines) is 1. The quantitative estimate of drug-likeness (QED) is 0.827. The maximum Gasteiger partial charge on any atom is 0.247 e. The minimum absolute atomic E-state index is 0.0805. The second kappa shape index (κ2) is 8.73. The summed E-state index contributed by atoms with van der Waals surface area (Å²) in [6.45, 7) is 0.267. The molecule has 0 spiro atoms. The first-order valence-electron chi connectivity index (χ1n) is 9.08. The summed E-state index contributed by atoms with van der Waals surface area (Å²) >= 11 is 0. The number of carbonyl (C=O) groups is 2. The third kappa shape index (κ3) is 4.42. The van der Waals surface area contributed by atoms with Crippen LogP contribution in [-0.4, -0.2) is 37.0 Å². The maximum atomic E-state index is 13.1. The van der Waals surface area contributed by atoms with E-state index in [-0.39, 0.29) is 24.2 Å². The molecule has 0 aromatic heterocycles. The average molecular weight is 386 g/mol. The average Bonchev–Trinajstić information content (AvgIpc) is 2.70. The minimum atomic E-state index is -0.584. The molecular formula is C21H23FN2O4. The summed E-state index contributed by atoms with van der Waals surface area (Å²) in [4.78, 5) is 26.9. The van der Waals surface area contributed by atoms with Crippen LogP contribution in [0.4, 0.5) is 10.1 Å². The van der Waals surface area contributed by atoms with Crippen LogP contribution in [-0.2, 0) is 16.1 Å². The van der Waals surface area contributed by atoms with Crippen molar-refractivity contribution in [1.82, 2.24) is 4.90 Å². The molecule has 1 atom stereocenters. The SMILES string of the molecule is COc1ccc(NC(=O)C2CCCC(=O)N2Cc2ccc(F)cc2)cc1OC. The zero-order chi connectivity index (χ0) is 20.1. The molecule has 1 saturated heterocycles. The number of carbonyl (C=O) groups excluding carboxylic acids is 2. The van der Waals surface area contributed by atoms with E-state index in [1.54, 1.807) is 35.2 Å². The van der Waals surface area contributed by atoms with Crippen LogP contribution in [0.3, 0.4) is 0 Å². The van der Waals surface area contributed by atoms with Gasteiger partial charge < -0.3 is 19.7 Å². The molecule has 28 heavy (non-hydrogen) atoms. The maximum absolute atomic E-state index is 13.1. The standard InChI is InChI=1S/C21H23FN2O4/c1-27-18-11-10-16(12-19(18)28-2)23-21(26)17-4-3-5-20(25)24(17)13-14-6-8-15(22)9-7-14/h6-12,17H,3-5,13H2,1-2H3,(H,23,26). The second-order valence-corrected chi connectivity index (χ2v) is 6.62. The predicted molar refractivity (Wildman–Crippen MR) is 103 cm³/mol. The topological polar surface area (TPSA) is 67.9 Å². The van der Waals surface area contributed by atoms with Gasteiger partial charge in [0.15, 0.2) is 11.5 Å². The molecular weight excluding hydrogens is 363 g/mol.